The molecule has 0 heterocycles. The molecule has 22 heavy (non-hydrogen) atoms. The molecule has 0 atom stereocenters. The van der Waals surface area contributed by atoms with Gasteiger partial charge in [0.25, 0.3) is 0 Å². The molecule has 0 saturated heterocycles. The standard InChI is InChI=1S/C20H16FN/c21-19-13-11-16(12-14-19)15-22-20(17-7-3-1-4-8-17)18-9-5-2-6-10-18/h1-15,20H/b22-15+. The van der Waals surface area contributed by atoms with Gasteiger partial charge in [0, 0.05) is 6.21 Å². The third kappa shape index (κ3) is 3.47. The second-order valence-electron chi connectivity index (χ2n) is 5.05. The molecule has 0 aliphatic carbocycles. The van der Waals surface area contributed by atoms with Gasteiger partial charge in [0.15, 0.2) is 0 Å². The van der Waals surface area contributed by atoms with Gasteiger partial charge in [-0.05, 0) is 28.8 Å². The zero-order chi connectivity index (χ0) is 15.2. The monoisotopic (exact) mass is 289 g/mol. The molecule has 3 aromatic carbocycles. The van der Waals surface area contributed by atoms with Crippen LogP contribution in [0.1, 0.15) is 22.7 Å². The van der Waals surface area contributed by atoms with Crippen molar-refractivity contribution in [3.63, 3.8) is 0 Å². The highest BCUT2D eigenvalue weighted by atomic mass is 19.1. The quantitative estimate of drug-likeness (QED) is 0.597. The summed E-state index contributed by atoms with van der Waals surface area (Å²) < 4.78 is 13.0. The molecule has 0 aliphatic rings. The molecular formula is C20H16FN. The van der Waals surface area contributed by atoms with Gasteiger partial charge < -0.3 is 0 Å². The van der Waals surface area contributed by atoms with E-state index in [9.17, 15) is 4.39 Å². The van der Waals surface area contributed by atoms with Crippen LogP contribution in [0.5, 0.6) is 0 Å². The summed E-state index contributed by atoms with van der Waals surface area (Å²) in [5.41, 5.74) is 3.15. The second-order valence-corrected chi connectivity index (χ2v) is 5.05. The van der Waals surface area contributed by atoms with Crippen molar-refractivity contribution in [2.75, 3.05) is 0 Å². The van der Waals surface area contributed by atoms with Crippen molar-refractivity contribution in [2.24, 2.45) is 4.99 Å². The van der Waals surface area contributed by atoms with Gasteiger partial charge in [0.1, 0.15) is 5.82 Å². The van der Waals surface area contributed by atoms with E-state index in [1.165, 1.54) is 12.1 Å². The molecule has 0 aromatic heterocycles. The lowest BCUT2D eigenvalue weighted by molar-refractivity contribution is 0.628. The Labute approximate surface area is 129 Å². The van der Waals surface area contributed by atoms with Crippen molar-refractivity contribution in [1.82, 2.24) is 0 Å². The SMILES string of the molecule is Fc1ccc(/C=N/C(c2ccccc2)c2ccccc2)cc1. The van der Waals surface area contributed by atoms with E-state index < -0.39 is 0 Å². The van der Waals surface area contributed by atoms with E-state index in [2.05, 4.69) is 24.3 Å². The molecule has 3 aromatic rings. The van der Waals surface area contributed by atoms with E-state index in [0.29, 0.717) is 0 Å². The Balaban J connectivity index is 1.94. The first-order chi connectivity index (χ1) is 10.8. The largest absolute Gasteiger partial charge is 0.280 e. The van der Waals surface area contributed by atoms with Crippen molar-refractivity contribution in [1.29, 1.82) is 0 Å². The summed E-state index contributed by atoms with van der Waals surface area (Å²) in [5.74, 6) is -0.236. The van der Waals surface area contributed by atoms with Crippen LogP contribution in [0.4, 0.5) is 4.39 Å². The number of aliphatic imine (C=N–C) groups is 1. The smallest absolute Gasteiger partial charge is 0.123 e. The molecule has 0 bridgehead atoms. The van der Waals surface area contributed by atoms with Crippen molar-refractivity contribution >= 4 is 6.21 Å². The normalized spacial score (nSPS) is 11.2. The fourth-order valence-electron chi connectivity index (χ4n) is 2.34. The lowest BCUT2D eigenvalue weighted by Gasteiger charge is -2.13. The third-order valence-electron chi connectivity index (χ3n) is 3.47. The van der Waals surface area contributed by atoms with Gasteiger partial charge in [-0.25, -0.2) is 4.39 Å². The molecule has 0 aliphatic heterocycles. The molecule has 0 radical (unpaired) electrons. The lowest BCUT2D eigenvalue weighted by atomic mass is 9.99. The zero-order valence-corrected chi connectivity index (χ0v) is 12.1. The first kappa shape index (κ1) is 14.2. The Bertz CT molecular complexity index is 694. The van der Waals surface area contributed by atoms with E-state index in [1.54, 1.807) is 18.3 Å². The molecule has 0 fully saturated rings. The fraction of sp³-hybridized carbons (Fsp3) is 0.0500. The topological polar surface area (TPSA) is 12.4 Å². The number of hydrogen-bond acceptors (Lipinski definition) is 1. The van der Waals surface area contributed by atoms with E-state index >= 15 is 0 Å². The maximum Gasteiger partial charge on any atom is 0.123 e. The van der Waals surface area contributed by atoms with Crippen LogP contribution >= 0.6 is 0 Å². The van der Waals surface area contributed by atoms with Gasteiger partial charge in [0.05, 0.1) is 6.04 Å². The van der Waals surface area contributed by atoms with E-state index in [-0.39, 0.29) is 11.9 Å². The highest BCUT2D eigenvalue weighted by Gasteiger charge is 2.11. The molecule has 0 N–H and O–H groups in total. The molecule has 0 unspecified atom stereocenters. The average molecular weight is 289 g/mol. The van der Waals surface area contributed by atoms with Crippen LogP contribution < -0.4 is 0 Å². The Hall–Kier alpha value is -2.74. The predicted molar refractivity (Wildman–Crippen MR) is 88.7 cm³/mol. The Morgan fingerprint density at radius 2 is 1.18 bits per heavy atom. The third-order valence-corrected chi connectivity index (χ3v) is 3.47. The minimum absolute atomic E-state index is 0.0625. The molecule has 0 saturated carbocycles. The first-order valence-corrected chi connectivity index (χ1v) is 7.21. The van der Waals surface area contributed by atoms with Crippen molar-refractivity contribution in [2.45, 2.75) is 6.04 Å². The highest BCUT2D eigenvalue weighted by Crippen LogP contribution is 2.25. The van der Waals surface area contributed by atoms with Gasteiger partial charge in [-0.2, -0.15) is 0 Å². The molecule has 0 amide bonds. The maximum atomic E-state index is 13.0. The number of nitrogens with zero attached hydrogens (tertiary/aromatic N) is 1. The minimum Gasteiger partial charge on any atom is -0.280 e. The number of rotatable bonds is 4. The van der Waals surface area contributed by atoms with Crippen LogP contribution in [0.25, 0.3) is 0 Å². The van der Waals surface area contributed by atoms with Gasteiger partial charge in [-0.15, -0.1) is 0 Å². The Morgan fingerprint density at radius 3 is 1.68 bits per heavy atom. The Kier molecular flexibility index (Phi) is 4.40. The van der Waals surface area contributed by atoms with Crippen LogP contribution in [0.3, 0.4) is 0 Å². The molecule has 0 spiro atoms. The van der Waals surface area contributed by atoms with E-state index in [4.69, 9.17) is 4.99 Å². The van der Waals surface area contributed by atoms with E-state index in [0.717, 1.165) is 16.7 Å². The highest BCUT2D eigenvalue weighted by molar-refractivity contribution is 5.79. The summed E-state index contributed by atoms with van der Waals surface area (Å²) in [6, 6.07) is 26.6. The lowest BCUT2D eigenvalue weighted by Crippen LogP contribution is -1.98. The molecule has 2 heteroatoms. The van der Waals surface area contributed by atoms with E-state index in [1.807, 2.05) is 36.4 Å². The average Bonchev–Trinajstić information content (AvgIpc) is 2.59. The Morgan fingerprint density at radius 1 is 0.682 bits per heavy atom. The van der Waals surface area contributed by atoms with Gasteiger partial charge in [0.2, 0.25) is 0 Å². The summed E-state index contributed by atoms with van der Waals surface area (Å²) in [6.07, 6.45) is 1.80. The van der Waals surface area contributed by atoms with Crippen molar-refractivity contribution in [3.8, 4) is 0 Å². The summed E-state index contributed by atoms with van der Waals surface area (Å²) in [6.45, 7) is 0. The van der Waals surface area contributed by atoms with Gasteiger partial charge in [-0.3, -0.25) is 4.99 Å². The summed E-state index contributed by atoms with van der Waals surface area (Å²) >= 11 is 0. The molecule has 108 valence electrons. The van der Waals surface area contributed by atoms with Crippen LogP contribution in [-0.2, 0) is 0 Å². The number of halogens is 1. The van der Waals surface area contributed by atoms with Crippen LogP contribution in [-0.4, -0.2) is 6.21 Å². The summed E-state index contributed by atoms with van der Waals surface area (Å²) in [7, 11) is 0. The summed E-state index contributed by atoms with van der Waals surface area (Å²) in [5, 5.41) is 0. The molecule has 1 nitrogen and oxygen atoms in total. The van der Waals surface area contributed by atoms with Crippen molar-refractivity contribution < 1.29 is 4.39 Å². The maximum absolute atomic E-state index is 13.0. The molecule has 3 rings (SSSR count). The fourth-order valence-corrected chi connectivity index (χ4v) is 2.34. The van der Waals surface area contributed by atoms with Gasteiger partial charge >= 0.3 is 0 Å². The minimum atomic E-state index is -0.236. The second kappa shape index (κ2) is 6.81. The zero-order valence-electron chi connectivity index (χ0n) is 12.1. The van der Waals surface area contributed by atoms with Gasteiger partial charge in [-0.1, -0.05) is 72.8 Å². The number of hydrogen-bond donors (Lipinski definition) is 0. The van der Waals surface area contributed by atoms with Crippen LogP contribution in [0, 0.1) is 5.82 Å². The van der Waals surface area contributed by atoms with Crippen LogP contribution in [0.2, 0.25) is 0 Å². The van der Waals surface area contributed by atoms with Crippen molar-refractivity contribution in [3.05, 3.63) is 107 Å². The van der Waals surface area contributed by atoms with Crippen LogP contribution in [0.15, 0.2) is 89.9 Å². The first-order valence-electron chi connectivity index (χ1n) is 7.21. The summed E-state index contributed by atoms with van der Waals surface area (Å²) in [4.78, 5) is 4.72. The predicted octanol–water partition coefficient (Wildman–Crippen LogP) is 5.03. The molecular weight excluding hydrogens is 273 g/mol. The number of benzene rings is 3.